The minimum absolute atomic E-state index is 0.0507. The smallest absolute Gasteiger partial charge is 0.347 e. The number of aromatic nitrogens is 1. The first-order valence-electron chi connectivity index (χ1n) is 7.32. The average Bonchev–Trinajstić information content (AvgIpc) is 2.78. The molecule has 3 aromatic rings. The number of hydrogen-bond donors (Lipinski definition) is 0. The van der Waals surface area contributed by atoms with Gasteiger partial charge in [-0.25, -0.2) is 14.2 Å². The number of nitrogens with zero attached hydrogens (tertiary/aromatic N) is 1. The van der Waals surface area contributed by atoms with Gasteiger partial charge in [-0.3, -0.25) is 0 Å². The Morgan fingerprint density at radius 2 is 1.88 bits per heavy atom. The Morgan fingerprint density at radius 3 is 2.62 bits per heavy atom. The summed E-state index contributed by atoms with van der Waals surface area (Å²) in [5.41, 5.74) is -0.375. The fraction of sp³-hybridized carbons (Fsp3) is 0.176. The number of ether oxygens (including phenoxy) is 2. The number of benzene rings is 2. The second-order valence-corrected chi connectivity index (χ2v) is 5.68. The van der Waals surface area contributed by atoms with Gasteiger partial charge in [-0.2, -0.15) is 0 Å². The Labute approximate surface area is 140 Å². The van der Waals surface area contributed by atoms with Crippen LogP contribution in [-0.4, -0.2) is 18.2 Å². The standard InChI is InChI=1S/C17H11ClFNO4/c18-10-3-1-4-11(19)15(10)16-20-12-8-14-13(22-5-2-6-23-14)7-9(12)17(21)24-16/h1,3-4,7-8H,2,5-6H2. The quantitative estimate of drug-likeness (QED) is 0.670. The van der Waals surface area contributed by atoms with Gasteiger partial charge < -0.3 is 13.9 Å². The van der Waals surface area contributed by atoms with Crippen molar-refractivity contribution in [3.63, 3.8) is 0 Å². The Bertz CT molecular complexity index is 982. The molecule has 0 spiro atoms. The van der Waals surface area contributed by atoms with Crippen LogP contribution in [0.25, 0.3) is 22.4 Å². The van der Waals surface area contributed by atoms with Gasteiger partial charge in [0.2, 0.25) is 5.89 Å². The van der Waals surface area contributed by atoms with Crippen LogP contribution in [0.3, 0.4) is 0 Å². The van der Waals surface area contributed by atoms with Crippen molar-refractivity contribution in [1.29, 1.82) is 0 Å². The minimum Gasteiger partial charge on any atom is -0.490 e. The molecule has 0 fully saturated rings. The molecular weight excluding hydrogens is 337 g/mol. The molecule has 24 heavy (non-hydrogen) atoms. The van der Waals surface area contributed by atoms with Crippen LogP contribution in [-0.2, 0) is 0 Å². The van der Waals surface area contributed by atoms with Gasteiger partial charge in [0.15, 0.2) is 11.5 Å². The van der Waals surface area contributed by atoms with Crippen molar-refractivity contribution in [1.82, 2.24) is 4.98 Å². The molecule has 1 aliphatic heterocycles. The second kappa shape index (κ2) is 5.79. The Hall–Kier alpha value is -2.60. The molecule has 0 N–H and O–H groups in total. The Balaban J connectivity index is 1.96. The highest BCUT2D eigenvalue weighted by Crippen LogP contribution is 2.34. The van der Waals surface area contributed by atoms with E-state index in [-0.39, 0.29) is 21.9 Å². The summed E-state index contributed by atoms with van der Waals surface area (Å²) < 4.78 is 30.4. The lowest BCUT2D eigenvalue weighted by molar-refractivity contribution is 0.297. The van der Waals surface area contributed by atoms with Crippen LogP contribution in [0.4, 0.5) is 4.39 Å². The lowest BCUT2D eigenvalue weighted by Crippen LogP contribution is -2.05. The van der Waals surface area contributed by atoms with Gasteiger partial charge in [-0.15, -0.1) is 0 Å². The van der Waals surface area contributed by atoms with Crippen LogP contribution < -0.4 is 15.1 Å². The summed E-state index contributed by atoms with van der Waals surface area (Å²) >= 11 is 6.02. The molecule has 0 aliphatic carbocycles. The second-order valence-electron chi connectivity index (χ2n) is 5.27. The van der Waals surface area contributed by atoms with Gasteiger partial charge in [0.25, 0.3) is 0 Å². The average molecular weight is 348 g/mol. The van der Waals surface area contributed by atoms with Gasteiger partial charge in [0.05, 0.1) is 34.7 Å². The first-order chi connectivity index (χ1) is 11.6. The maximum Gasteiger partial charge on any atom is 0.347 e. The number of fused-ring (bicyclic) bond motifs is 2. The molecule has 1 aromatic heterocycles. The molecule has 1 aliphatic rings. The third-order valence-corrected chi connectivity index (χ3v) is 3.99. The zero-order chi connectivity index (χ0) is 16.7. The van der Waals surface area contributed by atoms with Crippen molar-refractivity contribution in [3.8, 4) is 23.0 Å². The fourth-order valence-electron chi connectivity index (χ4n) is 2.54. The third-order valence-electron chi connectivity index (χ3n) is 3.67. The minimum atomic E-state index is -0.648. The number of hydrogen-bond acceptors (Lipinski definition) is 5. The van der Waals surface area contributed by atoms with Crippen molar-refractivity contribution < 1.29 is 18.3 Å². The van der Waals surface area contributed by atoms with Gasteiger partial charge >= 0.3 is 5.63 Å². The SMILES string of the molecule is O=c1oc(-c2c(F)cccc2Cl)nc2cc3c(cc12)OCCCO3. The van der Waals surface area contributed by atoms with E-state index in [4.69, 9.17) is 25.5 Å². The molecular formula is C17H11ClFNO4. The van der Waals surface area contributed by atoms with Gasteiger partial charge in [0, 0.05) is 18.6 Å². The summed E-state index contributed by atoms with van der Waals surface area (Å²) in [6.07, 6.45) is 0.739. The zero-order valence-electron chi connectivity index (χ0n) is 12.3. The summed E-state index contributed by atoms with van der Waals surface area (Å²) in [6.45, 7) is 1.01. The summed E-state index contributed by atoms with van der Waals surface area (Å²) in [7, 11) is 0. The van der Waals surface area contributed by atoms with Gasteiger partial charge in [-0.05, 0) is 12.1 Å². The zero-order valence-corrected chi connectivity index (χ0v) is 13.1. The largest absolute Gasteiger partial charge is 0.490 e. The van der Waals surface area contributed by atoms with Crippen LogP contribution >= 0.6 is 11.6 Å². The molecule has 4 rings (SSSR count). The van der Waals surface area contributed by atoms with Crippen LogP contribution in [0.15, 0.2) is 39.5 Å². The van der Waals surface area contributed by atoms with E-state index in [1.54, 1.807) is 6.07 Å². The number of halogens is 2. The van der Waals surface area contributed by atoms with E-state index in [9.17, 15) is 9.18 Å². The number of rotatable bonds is 1. The van der Waals surface area contributed by atoms with Crippen LogP contribution in [0.1, 0.15) is 6.42 Å². The third kappa shape index (κ3) is 2.49. The maximum atomic E-state index is 14.1. The lowest BCUT2D eigenvalue weighted by Gasteiger charge is -2.09. The van der Waals surface area contributed by atoms with Gasteiger partial charge in [0.1, 0.15) is 5.82 Å². The summed E-state index contributed by atoms with van der Waals surface area (Å²) in [4.78, 5) is 16.5. The monoisotopic (exact) mass is 347 g/mol. The molecule has 0 radical (unpaired) electrons. The van der Waals surface area contributed by atoms with E-state index in [0.717, 1.165) is 6.42 Å². The van der Waals surface area contributed by atoms with Crippen molar-refractivity contribution in [2.24, 2.45) is 0 Å². The molecule has 7 heteroatoms. The molecule has 0 amide bonds. The molecule has 2 heterocycles. The highest BCUT2D eigenvalue weighted by molar-refractivity contribution is 6.33. The van der Waals surface area contributed by atoms with Crippen molar-refractivity contribution in [2.75, 3.05) is 13.2 Å². The van der Waals surface area contributed by atoms with Crippen LogP contribution in [0.2, 0.25) is 5.02 Å². The van der Waals surface area contributed by atoms with E-state index in [2.05, 4.69) is 4.98 Å². The topological polar surface area (TPSA) is 61.6 Å². The van der Waals surface area contributed by atoms with Gasteiger partial charge in [-0.1, -0.05) is 17.7 Å². The summed E-state index contributed by atoms with van der Waals surface area (Å²) in [5.74, 6) is 0.159. The predicted octanol–water partition coefficient (Wildman–Crippen LogP) is 3.81. The highest BCUT2D eigenvalue weighted by atomic mass is 35.5. The fourth-order valence-corrected chi connectivity index (χ4v) is 2.78. The lowest BCUT2D eigenvalue weighted by atomic mass is 10.2. The van der Waals surface area contributed by atoms with Crippen molar-refractivity contribution in [3.05, 3.63) is 51.6 Å². The molecule has 0 unspecified atom stereocenters. The summed E-state index contributed by atoms with van der Waals surface area (Å²) in [6, 6.07) is 7.30. The normalized spacial score (nSPS) is 13.8. The van der Waals surface area contributed by atoms with Crippen molar-refractivity contribution in [2.45, 2.75) is 6.42 Å². The molecule has 122 valence electrons. The van der Waals surface area contributed by atoms with Crippen LogP contribution in [0, 0.1) is 5.82 Å². The highest BCUT2D eigenvalue weighted by Gasteiger charge is 2.19. The van der Waals surface area contributed by atoms with Crippen LogP contribution in [0.5, 0.6) is 11.5 Å². The van der Waals surface area contributed by atoms with E-state index in [1.165, 1.54) is 24.3 Å². The first-order valence-corrected chi connectivity index (χ1v) is 7.70. The molecule has 5 nitrogen and oxygen atoms in total. The van der Waals surface area contributed by atoms with Crippen molar-refractivity contribution >= 4 is 22.5 Å². The molecule has 0 bridgehead atoms. The van der Waals surface area contributed by atoms with E-state index in [1.807, 2.05) is 0 Å². The molecule has 0 saturated carbocycles. The van der Waals surface area contributed by atoms with E-state index < -0.39 is 11.4 Å². The molecule has 2 aromatic carbocycles. The van der Waals surface area contributed by atoms with E-state index in [0.29, 0.717) is 30.2 Å². The predicted molar refractivity (Wildman–Crippen MR) is 86.3 cm³/mol. The van der Waals surface area contributed by atoms with E-state index >= 15 is 0 Å². The Kier molecular flexibility index (Phi) is 3.61. The maximum absolute atomic E-state index is 14.1. The first kappa shape index (κ1) is 15.0. The Morgan fingerprint density at radius 1 is 1.12 bits per heavy atom. The molecule has 0 atom stereocenters. The molecule has 0 saturated heterocycles. The summed E-state index contributed by atoms with van der Waals surface area (Å²) in [5, 5.41) is 0.342.